The van der Waals surface area contributed by atoms with Crippen molar-refractivity contribution in [2.75, 3.05) is 0 Å². The molecule has 0 fully saturated rings. The summed E-state index contributed by atoms with van der Waals surface area (Å²) in [5.74, 6) is -1.01. The largest absolute Gasteiger partial charge is 0.365 e. The number of nitrogens with zero attached hydrogens (tertiary/aromatic N) is 3. The number of rotatable bonds is 4. The molecule has 4 rings (SSSR count). The summed E-state index contributed by atoms with van der Waals surface area (Å²) in [6.07, 6.45) is -0.282. The van der Waals surface area contributed by atoms with Gasteiger partial charge in [0.05, 0.1) is 18.8 Å². The van der Waals surface area contributed by atoms with Crippen molar-refractivity contribution in [1.29, 1.82) is 0 Å². The monoisotopic (exact) mass is 370 g/mol. The number of aromatic nitrogens is 3. The van der Waals surface area contributed by atoms with E-state index in [1.54, 1.807) is 28.9 Å². The molecule has 1 N–H and O–H groups in total. The van der Waals surface area contributed by atoms with Crippen molar-refractivity contribution in [3.8, 4) is 0 Å². The van der Waals surface area contributed by atoms with Gasteiger partial charge < -0.3 is 10.1 Å². The second-order valence-corrected chi connectivity index (χ2v) is 6.23. The number of hydrogen-bond donors (Lipinski definition) is 1. The van der Waals surface area contributed by atoms with Crippen LogP contribution in [0.25, 0.3) is 0 Å². The molecule has 1 amide bonds. The van der Waals surface area contributed by atoms with Gasteiger partial charge in [0.15, 0.2) is 5.69 Å². The number of hydrogen-bond acceptors (Lipinski definition) is 4. The molecule has 0 spiro atoms. The fraction of sp³-hybridized carbons (Fsp3) is 0.211. The molecule has 0 unspecified atom stereocenters. The summed E-state index contributed by atoms with van der Waals surface area (Å²) in [7, 11) is 0. The molecule has 0 saturated heterocycles. The Morgan fingerprint density at radius 3 is 2.48 bits per heavy atom. The molecule has 0 radical (unpaired) electrons. The Balaban J connectivity index is 1.43. The lowest BCUT2D eigenvalue weighted by Crippen LogP contribution is -2.27. The van der Waals surface area contributed by atoms with Gasteiger partial charge >= 0.3 is 0 Å². The average molecular weight is 370 g/mol. The van der Waals surface area contributed by atoms with Crippen molar-refractivity contribution in [2.24, 2.45) is 0 Å². The SMILES string of the molecule is O=C(NCc1ccc(F)cc1)c1nnn2c1CO[C@H](c1ccc(F)cc1)C2. The number of ether oxygens (including phenoxy) is 1. The third-order valence-electron chi connectivity index (χ3n) is 4.42. The van der Waals surface area contributed by atoms with E-state index >= 15 is 0 Å². The van der Waals surface area contributed by atoms with Crippen LogP contribution in [0, 0.1) is 11.6 Å². The van der Waals surface area contributed by atoms with Crippen molar-refractivity contribution in [2.45, 2.75) is 25.8 Å². The highest BCUT2D eigenvalue weighted by molar-refractivity contribution is 5.93. The Labute approximate surface area is 153 Å². The van der Waals surface area contributed by atoms with Crippen molar-refractivity contribution < 1.29 is 18.3 Å². The molecule has 138 valence electrons. The highest BCUT2D eigenvalue weighted by Crippen LogP contribution is 2.27. The molecule has 1 aromatic heterocycles. The predicted molar refractivity (Wildman–Crippen MR) is 91.5 cm³/mol. The molecule has 2 heterocycles. The van der Waals surface area contributed by atoms with E-state index < -0.39 is 0 Å². The summed E-state index contributed by atoms with van der Waals surface area (Å²) in [6.45, 7) is 0.817. The fourth-order valence-electron chi connectivity index (χ4n) is 2.94. The summed E-state index contributed by atoms with van der Waals surface area (Å²) in [6, 6.07) is 12.0. The molecule has 6 nitrogen and oxygen atoms in total. The minimum absolute atomic E-state index is 0.175. The number of fused-ring (bicyclic) bond motifs is 1. The van der Waals surface area contributed by atoms with Gasteiger partial charge in [0.2, 0.25) is 0 Å². The van der Waals surface area contributed by atoms with E-state index in [1.807, 2.05) is 0 Å². The summed E-state index contributed by atoms with van der Waals surface area (Å²) in [5.41, 5.74) is 2.40. The molecule has 1 aliphatic rings. The lowest BCUT2D eigenvalue weighted by atomic mass is 10.1. The summed E-state index contributed by atoms with van der Waals surface area (Å²) >= 11 is 0. The summed E-state index contributed by atoms with van der Waals surface area (Å²) in [4.78, 5) is 12.4. The second-order valence-electron chi connectivity index (χ2n) is 6.23. The minimum atomic E-state index is -0.371. The molecule has 27 heavy (non-hydrogen) atoms. The van der Waals surface area contributed by atoms with Crippen LogP contribution < -0.4 is 5.32 Å². The van der Waals surface area contributed by atoms with E-state index in [0.717, 1.165) is 11.1 Å². The van der Waals surface area contributed by atoms with Gasteiger partial charge in [0.1, 0.15) is 17.7 Å². The van der Waals surface area contributed by atoms with Crippen LogP contribution in [0.2, 0.25) is 0 Å². The third-order valence-corrected chi connectivity index (χ3v) is 4.42. The number of halogens is 2. The zero-order valence-electron chi connectivity index (χ0n) is 14.2. The zero-order valence-corrected chi connectivity index (χ0v) is 14.2. The number of carbonyl (C=O) groups is 1. The van der Waals surface area contributed by atoms with Crippen molar-refractivity contribution in [1.82, 2.24) is 20.3 Å². The van der Waals surface area contributed by atoms with E-state index in [-0.39, 0.29) is 42.5 Å². The molecule has 1 aliphatic heterocycles. The van der Waals surface area contributed by atoms with Gasteiger partial charge in [-0.3, -0.25) is 4.79 Å². The predicted octanol–water partition coefficient (Wildman–Crippen LogP) is 2.76. The highest BCUT2D eigenvalue weighted by atomic mass is 19.1. The normalized spacial score (nSPS) is 16.0. The lowest BCUT2D eigenvalue weighted by molar-refractivity contribution is -0.00180. The van der Waals surface area contributed by atoms with Crippen LogP contribution in [0.3, 0.4) is 0 Å². The first kappa shape index (κ1) is 17.3. The molecule has 3 aromatic rings. The maximum Gasteiger partial charge on any atom is 0.274 e. The van der Waals surface area contributed by atoms with E-state index in [9.17, 15) is 13.6 Å². The first-order valence-electron chi connectivity index (χ1n) is 8.42. The van der Waals surface area contributed by atoms with Gasteiger partial charge in [0.25, 0.3) is 5.91 Å². The van der Waals surface area contributed by atoms with Gasteiger partial charge in [-0.2, -0.15) is 0 Å². The number of benzene rings is 2. The summed E-state index contributed by atoms with van der Waals surface area (Å²) in [5, 5.41) is 10.8. The van der Waals surface area contributed by atoms with Crippen LogP contribution in [-0.4, -0.2) is 20.9 Å². The molecular weight excluding hydrogens is 354 g/mol. The number of carbonyl (C=O) groups excluding carboxylic acids is 1. The maximum atomic E-state index is 13.1. The van der Waals surface area contributed by atoms with Crippen LogP contribution >= 0.6 is 0 Å². The van der Waals surface area contributed by atoms with Gasteiger partial charge in [0, 0.05) is 6.54 Å². The van der Waals surface area contributed by atoms with Crippen molar-refractivity contribution in [3.05, 3.63) is 82.7 Å². The highest BCUT2D eigenvalue weighted by Gasteiger charge is 2.27. The molecular formula is C19H16F2N4O2. The molecule has 0 bridgehead atoms. The van der Waals surface area contributed by atoms with Gasteiger partial charge in [-0.1, -0.05) is 29.5 Å². The average Bonchev–Trinajstić information content (AvgIpc) is 3.11. The van der Waals surface area contributed by atoms with Crippen LogP contribution in [0.4, 0.5) is 8.78 Å². The van der Waals surface area contributed by atoms with Gasteiger partial charge in [-0.15, -0.1) is 5.10 Å². The zero-order chi connectivity index (χ0) is 18.8. The topological polar surface area (TPSA) is 69.0 Å². The Morgan fingerprint density at radius 1 is 1.11 bits per heavy atom. The van der Waals surface area contributed by atoms with E-state index in [4.69, 9.17) is 4.74 Å². The second kappa shape index (κ2) is 7.24. The summed E-state index contributed by atoms with van der Waals surface area (Å²) < 4.78 is 33.4. The minimum Gasteiger partial charge on any atom is -0.365 e. The quantitative estimate of drug-likeness (QED) is 0.767. The van der Waals surface area contributed by atoms with Crippen LogP contribution in [0.15, 0.2) is 48.5 Å². The fourth-order valence-corrected chi connectivity index (χ4v) is 2.94. The van der Waals surface area contributed by atoms with Crippen molar-refractivity contribution >= 4 is 5.91 Å². The standard InChI is InChI=1S/C19H16F2N4O2/c20-14-5-1-12(2-6-14)9-22-19(26)18-16-11-27-17(10-25(16)24-23-18)13-3-7-15(21)8-4-13/h1-8,17H,9-11H2,(H,22,26)/t17-/m0/s1. The van der Waals surface area contributed by atoms with Crippen LogP contribution in [-0.2, 0) is 24.4 Å². The first-order chi connectivity index (χ1) is 13.1. The first-order valence-corrected chi connectivity index (χ1v) is 8.42. The van der Waals surface area contributed by atoms with E-state index in [1.165, 1.54) is 24.3 Å². The van der Waals surface area contributed by atoms with E-state index in [2.05, 4.69) is 15.6 Å². The third kappa shape index (κ3) is 3.70. The van der Waals surface area contributed by atoms with Crippen LogP contribution in [0.5, 0.6) is 0 Å². The Morgan fingerprint density at radius 2 is 1.78 bits per heavy atom. The van der Waals surface area contributed by atoms with Crippen molar-refractivity contribution in [3.63, 3.8) is 0 Å². The maximum absolute atomic E-state index is 13.1. The van der Waals surface area contributed by atoms with E-state index in [0.29, 0.717) is 12.2 Å². The van der Waals surface area contributed by atoms with Crippen LogP contribution in [0.1, 0.15) is 33.4 Å². The smallest absolute Gasteiger partial charge is 0.274 e. The lowest BCUT2D eigenvalue weighted by Gasteiger charge is -2.24. The Kier molecular flexibility index (Phi) is 4.64. The van der Waals surface area contributed by atoms with Gasteiger partial charge in [-0.05, 0) is 35.4 Å². The molecule has 0 aliphatic carbocycles. The Bertz CT molecular complexity index is 955. The molecule has 0 saturated carbocycles. The Hall–Kier alpha value is -3.13. The van der Waals surface area contributed by atoms with Gasteiger partial charge in [-0.25, -0.2) is 13.5 Å². The molecule has 2 aromatic carbocycles. The molecule has 1 atom stereocenters. The number of nitrogens with one attached hydrogen (secondary N) is 1. The molecule has 8 heteroatoms. The number of amides is 1.